The molecule has 6 nitrogen and oxygen atoms in total. The number of halogens is 2. The predicted molar refractivity (Wildman–Crippen MR) is 84.5 cm³/mol. The number of carbonyl (C=O) groups excluding carboxylic acids is 1. The average molecular weight is 335 g/mol. The first kappa shape index (κ1) is 17.5. The summed E-state index contributed by atoms with van der Waals surface area (Å²) < 4.78 is 26.1. The molecule has 0 unspecified atom stereocenters. The fourth-order valence-corrected chi connectivity index (χ4v) is 2.05. The predicted octanol–water partition coefficient (Wildman–Crippen LogP) is 3.16. The van der Waals surface area contributed by atoms with E-state index in [4.69, 9.17) is 0 Å². The van der Waals surface area contributed by atoms with Crippen LogP contribution in [0.2, 0.25) is 0 Å². The van der Waals surface area contributed by atoms with Crippen LogP contribution < -0.4 is 10.6 Å². The first-order valence-corrected chi connectivity index (χ1v) is 7.09. The first-order chi connectivity index (χ1) is 11.4. The largest absolute Gasteiger partial charge is 0.325 e. The summed E-state index contributed by atoms with van der Waals surface area (Å²) in [7, 11) is 0. The molecule has 0 heterocycles. The van der Waals surface area contributed by atoms with Crippen molar-refractivity contribution in [3.8, 4) is 0 Å². The molecule has 0 aliphatic carbocycles. The van der Waals surface area contributed by atoms with E-state index in [1.807, 2.05) is 0 Å². The minimum Gasteiger partial charge on any atom is -0.325 e. The van der Waals surface area contributed by atoms with Crippen molar-refractivity contribution in [1.29, 1.82) is 0 Å². The second kappa shape index (κ2) is 7.60. The highest BCUT2D eigenvalue weighted by Gasteiger charge is 2.12. The van der Waals surface area contributed by atoms with Gasteiger partial charge in [0.25, 0.3) is 5.69 Å². The number of carbonyl (C=O) groups is 1. The van der Waals surface area contributed by atoms with Crippen LogP contribution in [-0.2, 0) is 4.79 Å². The summed E-state index contributed by atoms with van der Waals surface area (Å²) in [5, 5.41) is 16.1. The molecule has 0 aromatic heterocycles. The zero-order chi connectivity index (χ0) is 17.7. The molecule has 0 bridgehead atoms. The van der Waals surface area contributed by atoms with Gasteiger partial charge in [0.1, 0.15) is 0 Å². The lowest BCUT2D eigenvalue weighted by atomic mass is 10.1. The summed E-state index contributed by atoms with van der Waals surface area (Å²) in [6, 6.07) is 8.69. The average Bonchev–Trinajstić information content (AvgIpc) is 2.55. The number of nitro groups is 1. The van der Waals surface area contributed by atoms with E-state index in [2.05, 4.69) is 10.6 Å². The quantitative estimate of drug-likeness (QED) is 0.627. The molecule has 1 atom stereocenters. The van der Waals surface area contributed by atoms with Crippen LogP contribution in [-0.4, -0.2) is 17.4 Å². The summed E-state index contributed by atoms with van der Waals surface area (Å²) in [6.45, 7) is 1.61. The van der Waals surface area contributed by atoms with Crippen LogP contribution >= 0.6 is 0 Å². The minimum absolute atomic E-state index is 0.0944. The molecule has 0 aliphatic heterocycles. The van der Waals surface area contributed by atoms with E-state index in [0.717, 1.165) is 12.1 Å². The summed E-state index contributed by atoms with van der Waals surface area (Å²) in [4.78, 5) is 22.0. The summed E-state index contributed by atoms with van der Waals surface area (Å²) in [5.74, 6) is -2.30. The third kappa shape index (κ3) is 4.56. The van der Waals surface area contributed by atoms with E-state index < -0.39 is 22.5 Å². The van der Waals surface area contributed by atoms with Crippen LogP contribution in [0.1, 0.15) is 18.5 Å². The number of anilines is 1. The maximum absolute atomic E-state index is 13.2. The van der Waals surface area contributed by atoms with Crippen LogP contribution in [0.4, 0.5) is 20.2 Å². The molecule has 24 heavy (non-hydrogen) atoms. The molecule has 2 rings (SSSR count). The summed E-state index contributed by atoms with van der Waals surface area (Å²) in [5.41, 5.74) is 0.671. The van der Waals surface area contributed by atoms with Crippen molar-refractivity contribution in [2.24, 2.45) is 0 Å². The summed E-state index contributed by atoms with van der Waals surface area (Å²) >= 11 is 0. The van der Waals surface area contributed by atoms with Crippen molar-refractivity contribution in [2.75, 3.05) is 11.9 Å². The van der Waals surface area contributed by atoms with Crippen molar-refractivity contribution in [1.82, 2.24) is 5.32 Å². The number of hydrogen-bond donors (Lipinski definition) is 2. The number of amides is 1. The second-order valence-corrected chi connectivity index (χ2v) is 5.13. The highest BCUT2D eigenvalue weighted by atomic mass is 19.2. The van der Waals surface area contributed by atoms with E-state index in [1.165, 1.54) is 30.3 Å². The van der Waals surface area contributed by atoms with Gasteiger partial charge in [-0.1, -0.05) is 12.1 Å². The molecule has 2 aromatic rings. The number of rotatable bonds is 6. The SMILES string of the molecule is C[C@@H](NCC(=O)Nc1cccc([N+](=O)[O-])c1)c1ccc(F)c(F)c1. The Morgan fingerprint density at radius 2 is 1.96 bits per heavy atom. The fraction of sp³-hybridized carbons (Fsp3) is 0.188. The minimum atomic E-state index is -0.956. The Labute approximate surface area is 136 Å². The lowest BCUT2D eigenvalue weighted by molar-refractivity contribution is -0.384. The van der Waals surface area contributed by atoms with Crippen LogP contribution in [0, 0.1) is 21.7 Å². The Bertz CT molecular complexity index is 768. The van der Waals surface area contributed by atoms with Crippen molar-refractivity contribution in [3.05, 3.63) is 69.8 Å². The molecule has 2 N–H and O–H groups in total. The number of nitrogens with zero attached hydrogens (tertiary/aromatic N) is 1. The van der Waals surface area contributed by atoms with Gasteiger partial charge in [0.2, 0.25) is 5.91 Å². The molecule has 126 valence electrons. The molecule has 2 aromatic carbocycles. The lowest BCUT2D eigenvalue weighted by Gasteiger charge is -2.14. The molecule has 1 amide bonds. The van der Waals surface area contributed by atoms with E-state index in [9.17, 15) is 23.7 Å². The third-order valence-electron chi connectivity index (χ3n) is 3.35. The number of nitro benzene ring substituents is 1. The molecule has 8 heteroatoms. The molecule has 0 saturated carbocycles. The molecule has 0 aliphatic rings. The number of benzene rings is 2. The smallest absolute Gasteiger partial charge is 0.271 e. The Balaban J connectivity index is 1.91. The topological polar surface area (TPSA) is 84.3 Å². The lowest BCUT2D eigenvalue weighted by Crippen LogP contribution is -2.30. The van der Waals surface area contributed by atoms with Crippen LogP contribution in [0.15, 0.2) is 42.5 Å². The third-order valence-corrected chi connectivity index (χ3v) is 3.35. The van der Waals surface area contributed by atoms with Crippen LogP contribution in [0.5, 0.6) is 0 Å². The van der Waals surface area contributed by atoms with E-state index in [1.54, 1.807) is 6.92 Å². The maximum Gasteiger partial charge on any atom is 0.271 e. The Hall–Kier alpha value is -2.87. The number of nitrogens with one attached hydrogen (secondary N) is 2. The zero-order valence-corrected chi connectivity index (χ0v) is 12.8. The molecule has 0 spiro atoms. The highest BCUT2D eigenvalue weighted by molar-refractivity contribution is 5.92. The van der Waals surface area contributed by atoms with Crippen molar-refractivity contribution >= 4 is 17.3 Å². The first-order valence-electron chi connectivity index (χ1n) is 7.09. The molecule has 0 radical (unpaired) electrons. The van der Waals surface area contributed by atoms with E-state index >= 15 is 0 Å². The monoisotopic (exact) mass is 335 g/mol. The maximum atomic E-state index is 13.2. The van der Waals surface area contributed by atoms with Crippen LogP contribution in [0.3, 0.4) is 0 Å². The van der Waals surface area contributed by atoms with Gasteiger partial charge in [-0.25, -0.2) is 8.78 Å². The van der Waals surface area contributed by atoms with E-state index in [0.29, 0.717) is 11.3 Å². The van der Waals surface area contributed by atoms with Gasteiger partial charge in [0.05, 0.1) is 11.5 Å². The van der Waals surface area contributed by atoms with Crippen molar-refractivity contribution < 1.29 is 18.5 Å². The van der Waals surface area contributed by atoms with Gasteiger partial charge in [-0.3, -0.25) is 14.9 Å². The zero-order valence-electron chi connectivity index (χ0n) is 12.8. The van der Waals surface area contributed by atoms with E-state index in [-0.39, 0.29) is 18.3 Å². The van der Waals surface area contributed by atoms with Gasteiger partial charge in [-0.05, 0) is 30.7 Å². The van der Waals surface area contributed by atoms with Gasteiger partial charge in [0, 0.05) is 23.9 Å². The number of non-ortho nitro benzene ring substituents is 1. The Kier molecular flexibility index (Phi) is 5.54. The molecular weight excluding hydrogens is 320 g/mol. The molecule has 0 saturated heterocycles. The van der Waals surface area contributed by atoms with Crippen molar-refractivity contribution in [3.63, 3.8) is 0 Å². The van der Waals surface area contributed by atoms with Crippen LogP contribution in [0.25, 0.3) is 0 Å². The normalized spacial score (nSPS) is 11.8. The standard InChI is InChI=1S/C16H15F2N3O3/c1-10(11-5-6-14(17)15(18)7-11)19-9-16(22)20-12-3-2-4-13(8-12)21(23)24/h2-8,10,19H,9H2,1H3,(H,20,22)/t10-/m1/s1. The Morgan fingerprint density at radius 3 is 2.62 bits per heavy atom. The second-order valence-electron chi connectivity index (χ2n) is 5.13. The Morgan fingerprint density at radius 1 is 1.21 bits per heavy atom. The van der Waals surface area contributed by atoms with Crippen molar-refractivity contribution in [2.45, 2.75) is 13.0 Å². The van der Waals surface area contributed by atoms with Gasteiger partial charge < -0.3 is 10.6 Å². The molecule has 0 fully saturated rings. The number of hydrogen-bond acceptors (Lipinski definition) is 4. The van der Waals surface area contributed by atoms with Gasteiger partial charge in [0.15, 0.2) is 11.6 Å². The van der Waals surface area contributed by atoms with Gasteiger partial charge >= 0.3 is 0 Å². The fourth-order valence-electron chi connectivity index (χ4n) is 2.05. The molecular formula is C16H15F2N3O3. The highest BCUT2D eigenvalue weighted by Crippen LogP contribution is 2.17. The van der Waals surface area contributed by atoms with Gasteiger partial charge in [-0.2, -0.15) is 0 Å². The van der Waals surface area contributed by atoms with Gasteiger partial charge in [-0.15, -0.1) is 0 Å². The summed E-state index contributed by atoms with van der Waals surface area (Å²) in [6.07, 6.45) is 0.